The van der Waals surface area contributed by atoms with Crippen LogP contribution in [0.25, 0.3) is 6.08 Å². The zero-order valence-corrected chi connectivity index (χ0v) is 20.8. The third-order valence-electron chi connectivity index (χ3n) is 5.12. The summed E-state index contributed by atoms with van der Waals surface area (Å²) in [7, 11) is 3.13. The lowest BCUT2D eigenvalue weighted by atomic mass is 10.2. The molecule has 0 radical (unpaired) electrons. The molecule has 1 amide bonds. The average Bonchev–Trinajstić information content (AvgIpc) is 3.50. The lowest BCUT2D eigenvalue weighted by Crippen LogP contribution is -2.28. The molecule has 2 heterocycles. The normalized spacial score (nSPS) is 15.9. The Balaban J connectivity index is 1.62. The number of thioether (sulfide) groups is 1. The number of methoxy groups -OCH3 is 2. The molecule has 1 aliphatic rings. The molecule has 1 aromatic heterocycles. The van der Waals surface area contributed by atoms with E-state index in [0.29, 0.717) is 45.3 Å². The highest BCUT2D eigenvalue weighted by atomic mass is 32.2. The van der Waals surface area contributed by atoms with Crippen molar-refractivity contribution in [2.75, 3.05) is 20.8 Å². The number of nitrogens with zero attached hydrogens (tertiary/aromatic N) is 3. The number of hydrogen-bond donors (Lipinski definition) is 1. The van der Waals surface area contributed by atoms with E-state index in [1.807, 2.05) is 13.0 Å². The fourth-order valence-corrected chi connectivity index (χ4v) is 4.34. The zero-order chi connectivity index (χ0) is 25.5. The minimum atomic E-state index is -0.219. The Kier molecular flexibility index (Phi) is 7.96. The fourth-order valence-electron chi connectivity index (χ4n) is 3.40. The van der Waals surface area contributed by atoms with E-state index in [1.54, 1.807) is 63.0 Å². The van der Waals surface area contributed by atoms with E-state index in [2.05, 4.69) is 10.2 Å². The van der Waals surface area contributed by atoms with Gasteiger partial charge in [-0.05, 0) is 78.4 Å². The molecule has 4 rings (SSSR count). The molecule has 1 N–H and O–H groups in total. The van der Waals surface area contributed by atoms with Crippen molar-refractivity contribution < 1.29 is 28.5 Å². The lowest BCUT2D eigenvalue weighted by Gasteiger charge is -2.12. The number of rotatable bonds is 9. The summed E-state index contributed by atoms with van der Waals surface area (Å²) < 4.78 is 21.5. The zero-order valence-electron chi connectivity index (χ0n) is 20.0. The van der Waals surface area contributed by atoms with Crippen LogP contribution in [0.4, 0.5) is 0 Å². The number of carbonyl (C=O) groups excluding carboxylic acids is 1. The molecular formula is C26H25N3O6S. The monoisotopic (exact) mass is 507 g/mol. The van der Waals surface area contributed by atoms with Gasteiger partial charge in [0.2, 0.25) is 0 Å². The third kappa shape index (κ3) is 5.72. The Morgan fingerprint density at radius 1 is 1.06 bits per heavy atom. The van der Waals surface area contributed by atoms with Gasteiger partial charge < -0.3 is 23.7 Å². The molecule has 10 heteroatoms. The number of aromatic hydroxyl groups is 1. The van der Waals surface area contributed by atoms with Crippen molar-refractivity contribution in [3.05, 3.63) is 76.6 Å². The number of benzene rings is 2. The maximum atomic E-state index is 13.3. The van der Waals surface area contributed by atoms with E-state index in [9.17, 15) is 9.90 Å². The van der Waals surface area contributed by atoms with E-state index in [1.165, 1.54) is 28.9 Å². The standard InChI is InChI=1S/C26H25N3O6S/c1-4-34-22-13-18(7-9-20(22)30)15-27-28-26-29(16-19-6-5-11-35-19)25(31)24(36-26)14-17-8-10-21(32-2)23(12-17)33-3/h5-15,30H,4,16H2,1-3H3/b24-14-,27-15+,28-26-. The third-order valence-corrected chi connectivity index (χ3v) is 6.12. The Morgan fingerprint density at radius 3 is 2.56 bits per heavy atom. The molecule has 0 atom stereocenters. The van der Waals surface area contributed by atoms with Gasteiger partial charge in [-0.3, -0.25) is 9.69 Å². The minimum Gasteiger partial charge on any atom is -0.504 e. The van der Waals surface area contributed by atoms with E-state index < -0.39 is 0 Å². The first-order chi connectivity index (χ1) is 17.5. The van der Waals surface area contributed by atoms with Crippen molar-refractivity contribution in [1.29, 1.82) is 0 Å². The summed E-state index contributed by atoms with van der Waals surface area (Å²) in [6, 6.07) is 13.9. The number of carbonyl (C=O) groups is 1. The summed E-state index contributed by atoms with van der Waals surface area (Å²) in [5.74, 6) is 1.97. The lowest BCUT2D eigenvalue weighted by molar-refractivity contribution is -0.122. The first-order valence-corrected chi connectivity index (χ1v) is 11.9. The van der Waals surface area contributed by atoms with Crippen molar-refractivity contribution in [2.45, 2.75) is 13.5 Å². The van der Waals surface area contributed by atoms with Crippen LogP contribution in [0.2, 0.25) is 0 Å². The molecule has 0 saturated carbocycles. The van der Waals surface area contributed by atoms with Crippen LogP contribution in [-0.4, -0.2) is 48.1 Å². The first kappa shape index (κ1) is 24.9. The number of amides is 1. The van der Waals surface area contributed by atoms with Crippen LogP contribution in [0, 0.1) is 0 Å². The number of ether oxygens (including phenoxy) is 3. The minimum absolute atomic E-state index is 0.0480. The molecule has 3 aromatic rings. The average molecular weight is 508 g/mol. The molecule has 0 aliphatic carbocycles. The number of amidine groups is 1. The van der Waals surface area contributed by atoms with Gasteiger partial charge >= 0.3 is 0 Å². The summed E-state index contributed by atoms with van der Waals surface area (Å²) in [5, 5.41) is 18.8. The molecule has 186 valence electrons. The molecular weight excluding hydrogens is 482 g/mol. The second-order valence-electron chi connectivity index (χ2n) is 7.48. The smallest absolute Gasteiger partial charge is 0.267 e. The quantitative estimate of drug-likeness (QED) is 0.249. The maximum Gasteiger partial charge on any atom is 0.267 e. The van der Waals surface area contributed by atoms with E-state index in [-0.39, 0.29) is 18.2 Å². The van der Waals surface area contributed by atoms with E-state index in [0.717, 1.165) is 5.56 Å². The van der Waals surface area contributed by atoms with Crippen LogP contribution in [0.5, 0.6) is 23.0 Å². The van der Waals surface area contributed by atoms with Gasteiger partial charge in [0.15, 0.2) is 28.2 Å². The Labute approximate surface area is 212 Å². The van der Waals surface area contributed by atoms with Crippen LogP contribution < -0.4 is 14.2 Å². The summed E-state index contributed by atoms with van der Waals surface area (Å²) in [4.78, 5) is 15.3. The van der Waals surface area contributed by atoms with Gasteiger partial charge in [0, 0.05) is 0 Å². The van der Waals surface area contributed by atoms with Crippen molar-refractivity contribution in [1.82, 2.24) is 4.90 Å². The van der Waals surface area contributed by atoms with Crippen LogP contribution in [-0.2, 0) is 11.3 Å². The molecule has 9 nitrogen and oxygen atoms in total. The number of phenols is 1. The van der Waals surface area contributed by atoms with Gasteiger partial charge in [-0.1, -0.05) is 6.07 Å². The van der Waals surface area contributed by atoms with Crippen molar-refractivity contribution in [3.63, 3.8) is 0 Å². The Bertz CT molecular complexity index is 1320. The van der Waals surface area contributed by atoms with Crippen molar-refractivity contribution in [2.24, 2.45) is 10.2 Å². The summed E-state index contributed by atoms with van der Waals surface area (Å²) in [6.45, 7) is 2.47. The van der Waals surface area contributed by atoms with Crippen LogP contribution >= 0.6 is 11.8 Å². The highest BCUT2D eigenvalue weighted by Gasteiger charge is 2.34. The molecule has 1 aliphatic heterocycles. The van der Waals surface area contributed by atoms with Crippen LogP contribution in [0.15, 0.2) is 74.3 Å². The van der Waals surface area contributed by atoms with Gasteiger partial charge in [0.05, 0.1) is 44.8 Å². The summed E-state index contributed by atoms with van der Waals surface area (Å²) in [6.07, 6.45) is 4.85. The molecule has 0 unspecified atom stereocenters. The van der Waals surface area contributed by atoms with Crippen molar-refractivity contribution >= 4 is 35.1 Å². The van der Waals surface area contributed by atoms with E-state index >= 15 is 0 Å². The molecule has 2 aromatic carbocycles. The SMILES string of the molecule is CCOc1cc(/C=N/N=C2\S/C(=C\c3ccc(OC)c(OC)c3)C(=O)N2Cc2ccco2)ccc1O. The number of hydrogen-bond acceptors (Lipinski definition) is 9. The van der Waals surface area contributed by atoms with E-state index in [4.69, 9.17) is 18.6 Å². The molecule has 1 saturated heterocycles. The number of phenolic OH excluding ortho intramolecular Hbond substituents is 1. The highest BCUT2D eigenvalue weighted by molar-refractivity contribution is 8.18. The topological polar surface area (TPSA) is 106 Å². The van der Waals surface area contributed by atoms with Crippen LogP contribution in [0.1, 0.15) is 23.8 Å². The second-order valence-corrected chi connectivity index (χ2v) is 8.49. The Hall–Kier alpha value is -4.18. The molecule has 1 fully saturated rings. The fraction of sp³-hybridized carbons (Fsp3) is 0.192. The van der Waals surface area contributed by atoms with Gasteiger partial charge in [0.1, 0.15) is 5.76 Å². The second kappa shape index (κ2) is 11.5. The van der Waals surface area contributed by atoms with Gasteiger partial charge in [-0.15, -0.1) is 5.10 Å². The first-order valence-electron chi connectivity index (χ1n) is 11.0. The van der Waals surface area contributed by atoms with Gasteiger partial charge in [0.25, 0.3) is 5.91 Å². The number of furan rings is 1. The van der Waals surface area contributed by atoms with Crippen LogP contribution in [0.3, 0.4) is 0 Å². The predicted octanol–water partition coefficient (Wildman–Crippen LogP) is 4.91. The van der Waals surface area contributed by atoms with Gasteiger partial charge in [-0.2, -0.15) is 5.10 Å². The molecule has 0 spiro atoms. The molecule has 36 heavy (non-hydrogen) atoms. The predicted molar refractivity (Wildman–Crippen MR) is 139 cm³/mol. The summed E-state index contributed by atoms with van der Waals surface area (Å²) >= 11 is 1.21. The van der Waals surface area contributed by atoms with Gasteiger partial charge in [-0.25, -0.2) is 0 Å². The highest BCUT2D eigenvalue weighted by Crippen LogP contribution is 2.35. The molecule has 0 bridgehead atoms. The van der Waals surface area contributed by atoms with Crippen molar-refractivity contribution in [3.8, 4) is 23.0 Å². The maximum absolute atomic E-state index is 13.3. The largest absolute Gasteiger partial charge is 0.504 e. The summed E-state index contributed by atoms with van der Waals surface area (Å²) in [5.41, 5.74) is 1.47. The Morgan fingerprint density at radius 2 is 1.83 bits per heavy atom.